The van der Waals surface area contributed by atoms with E-state index in [0.717, 1.165) is 5.56 Å². The Labute approximate surface area is 197 Å². The first-order valence-electron chi connectivity index (χ1n) is 11.2. The molecule has 2 aromatic carbocycles. The van der Waals surface area contributed by atoms with Gasteiger partial charge in [-0.15, -0.1) is 0 Å². The molecular formula is C25H27NO8. The fourth-order valence-electron chi connectivity index (χ4n) is 3.44. The predicted octanol–water partition coefficient (Wildman–Crippen LogP) is 4.67. The van der Waals surface area contributed by atoms with Gasteiger partial charge in [0.25, 0.3) is 0 Å². The minimum Gasteiger partial charge on any atom is -0.490 e. The van der Waals surface area contributed by atoms with Crippen molar-refractivity contribution in [3.05, 3.63) is 47.7 Å². The Bertz CT molecular complexity index is 1110. The summed E-state index contributed by atoms with van der Waals surface area (Å²) in [4.78, 5) is 12.8. The zero-order valence-corrected chi connectivity index (χ0v) is 19.4. The third-order valence-electron chi connectivity index (χ3n) is 4.88. The van der Waals surface area contributed by atoms with Crippen LogP contribution in [0.2, 0.25) is 0 Å². The van der Waals surface area contributed by atoms with E-state index < -0.39 is 5.97 Å². The maximum absolute atomic E-state index is 12.8. The van der Waals surface area contributed by atoms with Crippen LogP contribution in [0, 0.1) is 0 Å². The molecule has 0 N–H and O–H groups in total. The first-order chi connectivity index (χ1) is 16.6. The van der Waals surface area contributed by atoms with E-state index in [1.807, 2.05) is 39.0 Å². The van der Waals surface area contributed by atoms with Gasteiger partial charge in [-0.05, 0) is 51.1 Å². The zero-order chi connectivity index (χ0) is 23.9. The average molecular weight is 469 g/mol. The summed E-state index contributed by atoms with van der Waals surface area (Å²) in [6, 6.07) is 10.4. The summed E-state index contributed by atoms with van der Waals surface area (Å²) in [6.07, 6.45) is 0. The molecular weight excluding hydrogens is 442 g/mol. The molecule has 9 nitrogen and oxygen atoms in total. The lowest BCUT2D eigenvalue weighted by Gasteiger charge is -2.18. The van der Waals surface area contributed by atoms with Gasteiger partial charge in [-0.3, -0.25) is 0 Å². The maximum atomic E-state index is 12.8. The molecule has 180 valence electrons. The highest BCUT2D eigenvalue weighted by atomic mass is 16.6. The van der Waals surface area contributed by atoms with Crippen molar-refractivity contribution >= 4 is 5.97 Å². The van der Waals surface area contributed by atoms with Crippen molar-refractivity contribution in [1.82, 2.24) is 5.16 Å². The molecule has 3 aromatic rings. The number of carbonyl (C=O) groups excluding carboxylic acids is 1. The monoisotopic (exact) mass is 469 g/mol. The van der Waals surface area contributed by atoms with Crippen LogP contribution in [0.3, 0.4) is 0 Å². The van der Waals surface area contributed by atoms with Gasteiger partial charge in [-0.1, -0.05) is 5.16 Å². The van der Waals surface area contributed by atoms with Gasteiger partial charge < -0.3 is 32.9 Å². The smallest absolute Gasteiger partial charge is 0.338 e. The second-order valence-electron chi connectivity index (χ2n) is 7.22. The number of rotatable bonds is 10. The van der Waals surface area contributed by atoms with Gasteiger partial charge >= 0.3 is 5.97 Å². The Kier molecular flexibility index (Phi) is 7.41. The van der Waals surface area contributed by atoms with Gasteiger partial charge in [0.2, 0.25) is 5.75 Å². The van der Waals surface area contributed by atoms with Crippen molar-refractivity contribution < 1.29 is 37.7 Å². The number of ether oxygens (including phenoxy) is 6. The minimum absolute atomic E-state index is 0.0615. The number of esters is 1. The van der Waals surface area contributed by atoms with Gasteiger partial charge in [0.05, 0.1) is 25.4 Å². The second-order valence-corrected chi connectivity index (χ2v) is 7.22. The highest BCUT2D eigenvalue weighted by molar-refractivity contribution is 5.91. The highest BCUT2D eigenvalue weighted by Gasteiger charge is 2.20. The molecule has 0 bridgehead atoms. The Morgan fingerprint density at radius 2 is 1.56 bits per heavy atom. The van der Waals surface area contributed by atoms with Crippen molar-refractivity contribution in [1.29, 1.82) is 0 Å². The molecule has 2 heterocycles. The molecule has 0 amide bonds. The van der Waals surface area contributed by atoms with Gasteiger partial charge in [-0.2, -0.15) is 0 Å². The molecule has 34 heavy (non-hydrogen) atoms. The molecule has 0 aliphatic carbocycles. The number of hydrogen-bond acceptors (Lipinski definition) is 9. The summed E-state index contributed by atoms with van der Waals surface area (Å²) in [5.74, 6) is 2.63. The third-order valence-corrected chi connectivity index (χ3v) is 4.88. The van der Waals surface area contributed by atoms with E-state index in [1.54, 1.807) is 18.2 Å². The Morgan fingerprint density at radius 3 is 2.24 bits per heavy atom. The Balaban J connectivity index is 1.47. The quantitative estimate of drug-likeness (QED) is 0.392. The lowest BCUT2D eigenvalue weighted by molar-refractivity contribution is 0.0463. The second kappa shape index (κ2) is 10.8. The summed E-state index contributed by atoms with van der Waals surface area (Å²) >= 11 is 0. The molecule has 0 saturated heterocycles. The van der Waals surface area contributed by atoms with Gasteiger partial charge in [0, 0.05) is 11.6 Å². The topological polar surface area (TPSA) is 98.5 Å². The van der Waals surface area contributed by atoms with E-state index >= 15 is 0 Å². The van der Waals surface area contributed by atoms with Gasteiger partial charge in [0.1, 0.15) is 25.5 Å². The van der Waals surface area contributed by atoms with E-state index in [2.05, 4.69) is 5.16 Å². The summed E-state index contributed by atoms with van der Waals surface area (Å²) < 4.78 is 39.0. The average Bonchev–Trinajstić information content (AvgIpc) is 3.33. The van der Waals surface area contributed by atoms with Crippen LogP contribution in [0.25, 0.3) is 11.3 Å². The van der Waals surface area contributed by atoms with Crippen molar-refractivity contribution in [2.45, 2.75) is 27.4 Å². The Morgan fingerprint density at radius 1 is 0.882 bits per heavy atom. The van der Waals surface area contributed by atoms with Crippen LogP contribution < -0.4 is 23.7 Å². The van der Waals surface area contributed by atoms with Gasteiger partial charge in [0.15, 0.2) is 28.8 Å². The molecule has 0 radical (unpaired) electrons. The van der Waals surface area contributed by atoms with E-state index in [0.29, 0.717) is 73.2 Å². The van der Waals surface area contributed by atoms with Crippen molar-refractivity contribution in [3.8, 4) is 40.1 Å². The highest BCUT2D eigenvalue weighted by Crippen LogP contribution is 2.39. The van der Waals surface area contributed by atoms with Crippen LogP contribution in [0.4, 0.5) is 0 Å². The van der Waals surface area contributed by atoms with Crippen LogP contribution in [-0.4, -0.2) is 44.2 Å². The third kappa shape index (κ3) is 5.19. The van der Waals surface area contributed by atoms with Crippen molar-refractivity contribution in [3.63, 3.8) is 0 Å². The summed E-state index contributed by atoms with van der Waals surface area (Å²) in [6.45, 7) is 7.78. The number of nitrogens with zero attached hydrogens (tertiary/aromatic N) is 1. The predicted molar refractivity (Wildman–Crippen MR) is 122 cm³/mol. The number of fused-ring (bicyclic) bond motifs is 1. The molecule has 4 rings (SSSR count). The SMILES string of the molecule is CCOc1cc(C(=O)OCc2cc(-c3ccc4c(c3)OCCO4)on2)cc(OCC)c1OCC. The molecule has 0 saturated carbocycles. The zero-order valence-electron chi connectivity index (χ0n) is 19.4. The van der Waals surface area contributed by atoms with E-state index in [1.165, 1.54) is 0 Å². The van der Waals surface area contributed by atoms with Crippen molar-refractivity contribution in [2.75, 3.05) is 33.0 Å². The number of carbonyl (C=O) groups is 1. The van der Waals surface area contributed by atoms with Crippen LogP contribution in [0.15, 0.2) is 40.9 Å². The molecule has 1 aromatic heterocycles. The normalized spacial score (nSPS) is 12.2. The first kappa shape index (κ1) is 23.3. The van der Waals surface area contributed by atoms with E-state index in [9.17, 15) is 4.79 Å². The molecule has 1 aliphatic rings. The summed E-state index contributed by atoms with van der Waals surface area (Å²) in [5.41, 5.74) is 1.54. The Hall–Kier alpha value is -3.88. The molecule has 0 atom stereocenters. The molecule has 9 heteroatoms. The van der Waals surface area contributed by atoms with E-state index in [4.69, 9.17) is 32.9 Å². The maximum Gasteiger partial charge on any atom is 0.338 e. The van der Waals surface area contributed by atoms with Crippen molar-refractivity contribution in [2.24, 2.45) is 0 Å². The fourth-order valence-corrected chi connectivity index (χ4v) is 3.44. The standard InChI is InChI=1S/C25H27NO8/c1-4-28-22-12-17(13-23(29-5-2)24(22)30-6-3)25(27)33-15-18-14-20(34-26-18)16-7-8-19-21(11-16)32-10-9-31-19/h7-8,11-14H,4-6,9-10,15H2,1-3H3. The fraction of sp³-hybridized carbons (Fsp3) is 0.360. The molecule has 0 fully saturated rings. The number of benzene rings is 2. The minimum atomic E-state index is -0.547. The first-order valence-corrected chi connectivity index (χ1v) is 11.2. The van der Waals surface area contributed by atoms with Crippen LogP contribution in [0.1, 0.15) is 36.8 Å². The lowest BCUT2D eigenvalue weighted by atomic mass is 10.1. The molecule has 0 spiro atoms. The number of hydrogen-bond donors (Lipinski definition) is 0. The molecule has 1 aliphatic heterocycles. The van der Waals surface area contributed by atoms with Crippen LogP contribution in [-0.2, 0) is 11.3 Å². The van der Waals surface area contributed by atoms with Crippen LogP contribution in [0.5, 0.6) is 28.7 Å². The number of aromatic nitrogens is 1. The largest absolute Gasteiger partial charge is 0.490 e. The lowest BCUT2D eigenvalue weighted by Crippen LogP contribution is -2.15. The van der Waals surface area contributed by atoms with E-state index in [-0.39, 0.29) is 12.2 Å². The summed E-state index contributed by atoms with van der Waals surface area (Å²) in [7, 11) is 0. The molecule has 0 unspecified atom stereocenters. The van der Waals surface area contributed by atoms with Gasteiger partial charge in [-0.25, -0.2) is 4.79 Å². The van der Waals surface area contributed by atoms with Crippen LogP contribution >= 0.6 is 0 Å². The summed E-state index contributed by atoms with van der Waals surface area (Å²) in [5, 5.41) is 4.01.